The van der Waals surface area contributed by atoms with E-state index in [1.807, 2.05) is 0 Å². The van der Waals surface area contributed by atoms with Gasteiger partial charge in [-0.2, -0.15) is 0 Å². The summed E-state index contributed by atoms with van der Waals surface area (Å²) < 4.78 is 4.89. The number of carbonyl (C=O) groups is 1. The van der Waals surface area contributed by atoms with Crippen molar-refractivity contribution in [3.05, 3.63) is 32.8 Å². The van der Waals surface area contributed by atoms with Crippen LogP contribution < -0.4 is 4.74 Å². The molecule has 0 radical (unpaired) electrons. The Morgan fingerprint density at radius 2 is 2.13 bits per heavy atom. The molecular weight excluding hydrogens is 222 g/mol. The first-order valence-corrected chi connectivity index (χ1v) is 4.38. The van der Waals surface area contributed by atoms with Crippen LogP contribution in [0.25, 0.3) is 0 Å². The van der Waals surface area contributed by atoms with E-state index in [4.69, 9.17) is 16.3 Å². The Labute approximate surface area is 90.8 Å². The summed E-state index contributed by atoms with van der Waals surface area (Å²) in [6.07, 6.45) is 0. The molecule has 0 spiro atoms. The van der Waals surface area contributed by atoms with Crippen LogP contribution in [0.4, 0.5) is 5.69 Å². The quantitative estimate of drug-likeness (QED) is 0.454. The van der Waals surface area contributed by atoms with Gasteiger partial charge in [0.25, 0.3) is 5.69 Å². The van der Waals surface area contributed by atoms with Crippen molar-refractivity contribution in [1.82, 2.24) is 0 Å². The predicted octanol–water partition coefficient (Wildman–Crippen LogP) is 2.46. The second-order valence-electron chi connectivity index (χ2n) is 2.79. The fourth-order valence-corrected chi connectivity index (χ4v) is 1.54. The Bertz CT molecular complexity index is 430. The maximum atomic E-state index is 11.2. The van der Waals surface area contributed by atoms with Crippen LogP contribution in [-0.2, 0) is 0 Å². The molecule has 0 saturated heterocycles. The standard InChI is InChI=1S/C9H8ClNO4/c1-5(12)8-7(15-2)4-3-6(9(8)10)11(13)14/h3-4H,1-2H3. The molecule has 0 aromatic heterocycles. The zero-order valence-corrected chi connectivity index (χ0v) is 8.87. The molecule has 5 nitrogen and oxygen atoms in total. The fourth-order valence-electron chi connectivity index (χ4n) is 1.19. The highest BCUT2D eigenvalue weighted by Crippen LogP contribution is 2.34. The van der Waals surface area contributed by atoms with Crippen LogP contribution in [0.1, 0.15) is 17.3 Å². The molecule has 1 aromatic carbocycles. The second-order valence-corrected chi connectivity index (χ2v) is 3.17. The molecule has 0 atom stereocenters. The molecule has 0 saturated carbocycles. The van der Waals surface area contributed by atoms with E-state index in [-0.39, 0.29) is 27.8 Å². The van der Waals surface area contributed by atoms with E-state index in [0.717, 1.165) is 0 Å². The van der Waals surface area contributed by atoms with Gasteiger partial charge in [-0.3, -0.25) is 14.9 Å². The average molecular weight is 230 g/mol. The van der Waals surface area contributed by atoms with E-state index in [2.05, 4.69) is 0 Å². The van der Waals surface area contributed by atoms with Gasteiger partial charge in [0.1, 0.15) is 10.8 Å². The van der Waals surface area contributed by atoms with Gasteiger partial charge in [-0.25, -0.2) is 0 Å². The number of methoxy groups -OCH3 is 1. The first-order valence-electron chi connectivity index (χ1n) is 4.00. The molecule has 0 aliphatic heterocycles. The number of nitrogens with zero attached hydrogens (tertiary/aromatic N) is 1. The Hall–Kier alpha value is -1.62. The van der Waals surface area contributed by atoms with Crippen LogP contribution in [0.3, 0.4) is 0 Å². The Balaban J connectivity index is 3.49. The number of ketones is 1. The third kappa shape index (κ3) is 2.07. The minimum absolute atomic E-state index is 0.0355. The summed E-state index contributed by atoms with van der Waals surface area (Å²) in [6.45, 7) is 1.27. The van der Waals surface area contributed by atoms with Crippen molar-refractivity contribution in [3.63, 3.8) is 0 Å². The maximum Gasteiger partial charge on any atom is 0.288 e. The lowest BCUT2D eigenvalue weighted by atomic mass is 10.1. The van der Waals surface area contributed by atoms with Crippen molar-refractivity contribution < 1.29 is 14.5 Å². The summed E-state index contributed by atoms with van der Waals surface area (Å²) in [5, 5.41) is 10.4. The van der Waals surface area contributed by atoms with E-state index >= 15 is 0 Å². The van der Waals surface area contributed by atoms with Gasteiger partial charge in [-0.1, -0.05) is 11.6 Å². The van der Waals surface area contributed by atoms with Crippen molar-refractivity contribution in [2.75, 3.05) is 7.11 Å². The van der Waals surface area contributed by atoms with Gasteiger partial charge in [0.05, 0.1) is 17.6 Å². The third-order valence-electron chi connectivity index (χ3n) is 1.85. The van der Waals surface area contributed by atoms with E-state index in [1.165, 1.54) is 26.2 Å². The highest BCUT2D eigenvalue weighted by atomic mass is 35.5. The maximum absolute atomic E-state index is 11.2. The van der Waals surface area contributed by atoms with Gasteiger partial charge < -0.3 is 4.74 Å². The number of Topliss-reactive ketones (excluding diaryl/α,β-unsaturated/α-hetero) is 1. The van der Waals surface area contributed by atoms with Gasteiger partial charge in [-0.05, 0) is 13.0 Å². The number of rotatable bonds is 3. The monoisotopic (exact) mass is 229 g/mol. The molecule has 15 heavy (non-hydrogen) atoms. The molecule has 1 aromatic rings. The van der Waals surface area contributed by atoms with E-state index in [9.17, 15) is 14.9 Å². The van der Waals surface area contributed by atoms with Gasteiger partial charge in [0.2, 0.25) is 0 Å². The molecule has 0 aliphatic carbocycles. The molecule has 0 bridgehead atoms. The third-order valence-corrected chi connectivity index (χ3v) is 2.23. The first kappa shape index (κ1) is 11.5. The molecule has 0 aliphatic rings. The molecule has 1 rings (SSSR count). The van der Waals surface area contributed by atoms with Crippen LogP contribution in [0, 0.1) is 10.1 Å². The number of nitro benzene ring substituents is 1. The molecule has 0 unspecified atom stereocenters. The minimum Gasteiger partial charge on any atom is -0.496 e. The van der Waals surface area contributed by atoms with Gasteiger partial charge in [-0.15, -0.1) is 0 Å². The predicted molar refractivity (Wildman–Crippen MR) is 54.7 cm³/mol. The lowest BCUT2D eigenvalue weighted by Crippen LogP contribution is -2.01. The Morgan fingerprint density at radius 3 is 2.53 bits per heavy atom. The molecule has 0 fully saturated rings. The molecule has 6 heteroatoms. The number of carbonyl (C=O) groups excluding carboxylic acids is 1. The first-order chi connectivity index (χ1) is 6.99. The summed E-state index contributed by atoms with van der Waals surface area (Å²) in [5.74, 6) is -0.140. The number of benzene rings is 1. The van der Waals surface area contributed by atoms with Crippen LogP contribution in [0.5, 0.6) is 5.75 Å². The number of halogens is 1. The summed E-state index contributed by atoms with van der Waals surface area (Å²) >= 11 is 5.74. The van der Waals surface area contributed by atoms with Gasteiger partial charge >= 0.3 is 0 Å². The zero-order valence-electron chi connectivity index (χ0n) is 8.11. The van der Waals surface area contributed by atoms with Crippen molar-refractivity contribution in [2.45, 2.75) is 6.92 Å². The average Bonchev–Trinajstić information content (AvgIpc) is 2.15. The summed E-state index contributed by atoms with van der Waals surface area (Å²) in [5.41, 5.74) is -0.268. The molecular formula is C9H8ClNO4. The molecule has 80 valence electrons. The molecule has 0 heterocycles. The number of ether oxygens (including phenoxy) is 1. The van der Waals surface area contributed by atoms with Crippen molar-refractivity contribution >= 4 is 23.1 Å². The normalized spacial score (nSPS) is 9.80. The number of hydrogen-bond donors (Lipinski definition) is 0. The van der Waals surface area contributed by atoms with Gasteiger partial charge in [0, 0.05) is 6.07 Å². The smallest absolute Gasteiger partial charge is 0.288 e. The van der Waals surface area contributed by atoms with Crippen LogP contribution >= 0.6 is 11.6 Å². The fraction of sp³-hybridized carbons (Fsp3) is 0.222. The number of hydrogen-bond acceptors (Lipinski definition) is 4. The van der Waals surface area contributed by atoms with Crippen LogP contribution in [-0.4, -0.2) is 17.8 Å². The highest BCUT2D eigenvalue weighted by molar-refractivity contribution is 6.36. The topological polar surface area (TPSA) is 69.4 Å². The SMILES string of the molecule is COc1ccc([N+](=O)[O-])c(Cl)c1C(C)=O. The Kier molecular flexibility index (Phi) is 3.26. The lowest BCUT2D eigenvalue weighted by molar-refractivity contribution is -0.384. The number of nitro groups is 1. The molecule has 0 amide bonds. The van der Waals surface area contributed by atoms with Crippen molar-refractivity contribution in [3.8, 4) is 5.75 Å². The van der Waals surface area contributed by atoms with E-state index in [0.29, 0.717) is 0 Å². The van der Waals surface area contributed by atoms with Crippen molar-refractivity contribution in [1.29, 1.82) is 0 Å². The largest absolute Gasteiger partial charge is 0.496 e. The Morgan fingerprint density at radius 1 is 1.53 bits per heavy atom. The van der Waals surface area contributed by atoms with E-state index in [1.54, 1.807) is 0 Å². The summed E-state index contributed by atoms with van der Waals surface area (Å²) in [6, 6.07) is 2.55. The second kappa shape index (κ2) is 4.27. The molecule has 0 N–H and O–H groups in total. The van der Waals surface area contributed by atoms with Gasteiger partial charge in [0.15, 0.2) is 5.78 Å². The van der Waals surface area contributed by atoms with E-state index < -0.39 is 4.92 Å². The summed E-state index contributed by atoms with van der Waals surface area (Å²) in [7, 11) is 1.37. The lowest BCUT2D eigenvalue weighted by Gasteiger charge is -2.07. The summed E-state index contributed by atoms with van der Waals surface area (Å²) in [4.78, 5) is 21.2. The van der Waals surface area contributed by atoms with Crippen LogP contribution in [0.2, 0.25) is 5.02 Å². The van der Waals surface area contributed by atoms with Crippen LogP contribution in [0.15, 0.2) is 12.1 Å². The van der Waals surface area contributed by atoms with Crippen molar-refractivity contribution in [2.24, 2.45) is 0 Å². The zero-order chi connectivity index (χ0) is 11.6. The highest BCUT2D eigenvalue weighted by Gasteiger charge is 2.22. The minimum atomic E-state index is -0.645.